The first-order valence-electron chi connectivity index (χ1n) is 6.61. The van der Waals surface area contributed by atoms with Gasteiger partial charge in [-0.15, -0.1) is 0 Å². The number of aliphatic hydroxyl groups is 1. The van der Waals surface area contributed by atoms with Crippen LogP contribution in [0.15, 0.2) is 24.3 Å². The molecule has 0 unspecified atom stereocenters. The van der Waals surface area contributed by atoms with Gasteiger partial charge < -0.3 is 20.1 Å². The summed E-state index contributed by atoms with van der Waals surface area (Å²) in [4.78, 5) is 13.7. The maximum absolute atomic E-state index is 12.1. The highest BCUT2D eigenvalue weighted by molar-refractivity contribution is 5.90. The fraction of sp³-hybridized carbons (Fsp3) is 0.500. The van der Waals surface area contributed by atoms with E-state index in [1.54, 1.807) is 11.0 Å². The fourth-order valence-electron chi connectivity index (χ4n) is 1.75. The Morgan fingerprint density at radius 2 is 2.05 bits per heavy atom. The minimum atomic E-state index is -0.219. The SMILES string of the molecule is CCCN(CCO)C(=O)Nc1ccccc1OCC. The molecule has 106 valence electrons. The molecule has 0 atom stereocenters. The summed E-state index contributed by atoms with van der Waals surface area (Å²) in [6, 6.07) is 7.09. The predicted octanol–water partition coefficient (Wildman–Crippen LogP) is 2.32. The molecule has 0 aromatic heterocycles. The molecular weight excluding hydrogens is 244 g/mol. The van der Waals surface area contributed by atoms with Crippen LogP contribution in [0.25, 0.3) is 0 Å². The third-order valence-electron chi connectivity index (χ3n) is 2.58. The first-order chi connectivity index (χ1) is 9.22. The van der Waals surface area contributed by atoms with E-state index in [2.05, 4.69) is 5.32 Å². The van der Waals surface area contributed by atoms with Gasteiger partial charge in [-0.2, -0.15) is 0 Å². The van der Waals surface area contributed by atoms with E-state index in [1.807, 2.05) is 32.0 Å². The average molecular weight is 266 g/mol. The molecular formula is C14H22N2O3. The van der Waals surface area contributed by atoms with Crippen LogP contribution in [0.5, 0.6) is 5.75 Å². The van der Waals surface area contributed by atoms with Crippen molar-refractivity contribution in [3.63, 3.8) is 0 Å². The topological polar surface area (TPSA) is 61.8 Å². The van der Waals surface area contributed by atoms with Crippen molar-refractivity contribution in [1.82, 2.24) is 4.90 Å². The summed E-state index contributed by atoms with van der Waals surface area (Å²) in [5, 5.41) is 11.8. The van der Waals surface area contributed by atoms with Gasteiger partial charge in [0, 0.05) is 13.1 Å². The van der Waals surface area contributed by atoms with Crippen molar-refractivity contribution in [3.05, 3.63) is 24.3 Å². The van der Waals surface area contributed by atoms with E-state index in [4.69, 9.17) is 9.84 Å². The van der Waals surface area contributed by atoms with Gasteiger partial charge in [-0.25, -0.2) is 4.79 Å². The number of urea groups is 1. The van der Waals surface area contributed by atoms with Gasteiger partial charge in [-0.3, -0.25) is 0 Å². The highest BCUT2D eigenvalue weighted by atomic mass is 16.5. The van der Waals surface area contributed by atoms with Crippen molar-refractivity contribution in [2.45, 2.75) is 20.3 Å². The summed E-state index contributed by atoms with van der Waals surface area (Å²) in [6.45, 7) is 5.34. The van der Waals surface area contributed by atoms with Crippen molar-refractivity contribution in [2.75, 3.05) is 31.6 Å². The van der Waals surface area contributed by atoms with Crippen LogP contribution in [-0.2, 0) is 0 Å². The Balaban J connectivity index is 2.74. The summed E-state index contributed by atoms with van der Waals surface area (Å²) >= 11 is 0. The maximum atomic E-state index is 12.1. The summed E-state index contributed by atoms with van der Waals surface area (Å²) in [5.41, 5.74) is 0.647. The summed E-state index contributed by atoms with van der Waals surface area (Å²) < 4.78 is 5.45. The Bertz CT molecular complexity index is 390. The van der Waals surface area contributed by atoms with Gasteiger partial charge in [0.15, 0.2) is 0 Å². The largest absolute Gasteiger partial charge is 0.492 e. The number of nitrogens with zero attached hydrogens (tertiary/aromatic N) is 1. The summed E-state index contributed by atoms with van der Waals surface area (Å²) in [5.74, 6) is 0.652. The number of amides is 2. The molecule has 0 aliphatic carbocycles. The number of hydrogen-bond acceptors (Lipinski definition) is 3. The number of aliphatic hydroxyl groups excluding tert-OH is 1. The van der Waals surface area contributed by atoms with Crippen molar-refractivity contribution < 1.29 is 14.6 Å². The molecule has 0 radical (unpaired) electrons. The van der Waals surface area contributed by atoms with Crippen LogP contribution < -0.4 is 10.1 Å². The van der Waals surface area contributed by atoms with E-state index in [-0.39, 0.29) is 12.6 Å². The Hall–Kier alpha value is -1.75. The second-order valence-corrected chi connectivity index (χ2v) is 4.07. The standard InChI is InChI=1S/C14H22N2O3/c1-3-9-16(10-11-17)14(18)15-12-7-5-6-8-13(12)19-4-2/h5-8,17H,3-4,9-11H2,1-2H3,(H,15,18). The van der Waals surface area contributed by atoms with E-state index < -0.39 is 0 Å². The zero-order valence-electron chi connectivity index (χ0n) is 11.6. The average Bonchev–Trinajstić information content (AvgIpc) is 2.41. The van der Waals surface area contributed by atoms with E-state index in [1.165, 1.54) is 0 Å². The molecule has 0 saturated carbocycles. The van der Waals surface area contributed by atoms with Crippen LogP contribution in [0.1, 0.15) is 20.3 Å². The highest BCUT2D eigenvalue weighted by Gasteiger charge is 2.13. The minimum absolute atomic E-state index is 0.0411. The van der Waals surface area contributed by atoms with Gasteiger partial charge in [0.1, 0.15) is 5.75 Å². The third kappa shape index (κ3) is 4.79. The molecule has 1 rings (SSSR count). The van der Waals surface area contributed by atoms with Gasteiger partial charge in [0.2, 0.25) is 0 Å². The minimum Gasteiger partial charge on any atom is -0.492 e. The molecule has 5 heteroatoms. The zero-order valence-corrected chi connectivity index (χ0v) is 11.6. The van der Waals surface area contributed by atoms with Crippen LogP contribution >= 0.6 is 0 Å². The summed E-state index contributed by atoms with van der Waals surface area (Å²) in [7, 11) is 0. The molecule has 0 aliphatic rings. The van der Waals surface area contributed by atoms with Gasteiger partial charge in [-0.1, -0.05) is 19.1 Å². The predicted molar refractivity (Wildman–Crippen MR) is 75.6 cm³/mol. The number of para-hydroxylation sites is 2. The second-order valence-electron chi connectivity index (χ2n) is 4.07. The Morgan fingerprint density at radius 3 is 2.68 bits per heavy atom. The molecule has 19 heavy (non-hydrogen) atoms. The number of ether oxygens (including phenoxy) is 1. The molecule has 0 saturated heterocycles. The lowest BCUT2D eigenvalue weighted by Gasteiger charge is -2.22. The molecule has 0 spiro atoms. The van der Waals surface area contributed by atoms with Crippen molar-refractivity contribution in [1.29, 1.82) is 0 Å². The van der Waals surface area contributed by atoms with E-state index >= 15 is 0 Å². The zero-order chi connectivity index (χ0) is 14.1. The highest BCUT2D eigenvalue weighted by Crippen LogP contribution is 2.23. The normalized spacial score (nSPS) is 10.1. The number of benzene rings is 1. The van der Waals surface area contributed by atoms with E-state index in [0.29, 0.717) is 31.1 Å². The van der Waals surface area contributed by atoms with Gasteiger partial charge in [0.05, 0.1) is 18.9 Å². The Morgan fingerprint density at radius 1 is 1.32 bits per heavy atom. The Kier molecular flexibility index (Phi) is 6.74. The van der Waals surface area contributed by atoms with Crippen LogP contribution in [0.2, 0.25) is 0 Å². The molecule has 5 nitrogen and oxygen atoms in total. The second kappa shape index (κ2) is 8.37. The molecule has 2 amide bonds. The molecule has 1 aromatic carbocycles. The molecule has 0 fully saturated rings. The number of nitrogens with one attached hydrogen (secondary N) is 1. The Labute approximate surface area is 114 Å². The summed E-state index contributed by atoms with van der Waals surface area (Å²) in [6.07, 6.45) is 0.848. The molecule has 0 heterocycles. The van der Waals surface area contributed by atoms with Gasteiger partial charge >= 0.3 is 6.03 Å². The monoisotopic (exact) mass is 266 g/mol. The van der Waals surface area contributed by atoms with E-state index in [9.17, 15) is 4.79 Å². The number of hydrogen-bond donors (Lipinski definition) is 2. The maximum Gasteiger partial charge on any atom is 0.322 e. The first-order valence-corrected chi connectivity index (χ1v) is 6.61. The lowest BCUT2D eigenvalue weighted by atomic mass is 10.3. The third-order valence-corrected chi connectivity index (χ3v) is 2.58. The lowest BCUT2D eigenvalue weighted by molar-refractivity contribution is 0.188. The molecule has 0 aliphatic heterocycles. The first kappa shape index (κ1) is 15.3. The van der Waals surface area contributed by atoms with Crippen LogP contribution in [0, 0.1) is 0 Å². The fourth-order valence-corrected chi connectivity index (χ4v) is 1.75. The number of rotatable bonds is 7. The van der Waals surface area contributed by atoms with Crippen LogP contribution in [0.3, 0.4) is 0 Å². The smallest absolute Gasteiger partial charge is 0.322 e. The van der Waals surface area contributed by atoms with E-state index in [0.717, 1.165) is 6.42 Å². The lowest BCUT2D eigenvalue weighted by Crippen LogP contribution is -2.37. The molecule has 1 aromatic rings. The van der Waals surface area contributed by atoms with Crippen molar-refractivity contribution in [3.8, 4) is 5.75 Å². The van der Waals surface area contributed by atoms with Gasteiger partial charge in [-0.05, 0) is 25.5 Å². The van der Waals surface area contributed by atoms with Gasteiger partial charge in [0.25, 0.3) is 0 Å². The van der Waals surface area contributed by atoms with Crippen molar-refractivity contribution in [2.24, 2.45) is 0 Å². The number of carbonyl (C=O) groups is 1. The van der Waals surface area contributed by atoms with Crippen LogP contribution in [0.4, 0.5) is 10.5 Å². The quantitative estimate of drug-likeness (QED) is 0.796. The molecule has 2 N–H and O–H groups in total. The van der Waals surface area contributed by atoms with Crippen molar-refractivity contribution >= 4 is 11.7 Å². The molecule has 0 bridgehead atoms. The van der Waals surface area contributed by atoms with Crippen LogP contribution in [-0.4, -0.2) is 42.3 Å². The number of anilines is 1. The number of carbonyl (C=O) groups excluding carboxylic acids is 1.